The molecule has 1 aliphatic rings. The minimum atomic E-state index is -3.06. The number of nitrogens with one attached hydrogen (secondary N) is 1. The van der Waals surface area contributed by atoms with Crippen molar-refractivity contribution in [3.8, 4) is 11.5 Å². The Hall–Kier alpha value is -2.68. The molecule has 1 fully saturated rings. The smallest absolute Gasteiger partial charge is 0.272 e. The standard InChI is InChI=1S/C20H24N4O4S/c1-3-4-8-21-20(25)19-18-16(11-15(23-19)17-6-5-9-28-17)24(13(2)22-18)14-7-10-29(26,27)12-14/h5-6,9,11,14H,3-4,7-8,10,12H2,1-2H3,(H,21,25). The maximum Gasteiger partial charge on any atom is 0.272 e. The molecule has 1 unspecified atom stereocenters. The first-order valence-corrected chi connectivity index (χ1v) is 11.6. The second-order valence-electron chi connectivity index (χ2n) is 7.40. The lowest BCUT2D eigenvalue weighted by Gasteiger charge is -2.14. The summed E-state index contributed by atoms with van der Waals surface area (Å²) in [5.74, 6) is 1.16. The zero-order valence-electron chi connectivity index (χ0n) is 16.5. The van der Waals surface area contributed by atoms with E-state index in [1.165, 1.54) is 0 Å². The van der Waals surface area contributed by atoms with Gasteiger partial charge >= 0.3 is 0 Å². The third kappa shape index (κ3) is 3.78. The lowest BCUT2D eigenvalue weighted by molar-refractivity contribution is 0.0950. The molecule has 29 heavy (non-hydrogen) atoms. The molecule has 0 spiro atoms. The van der Waals surface area contributed by atoms with E-state index in [9.17, 15) is 13.2 Å². The second-order valence-corrected chi connectivity index (χ2v) is 9.63. The van der Waals surface area contributed by atoms with Gasteiger partial charge in [0.25, 0.3) is 5.91 Å². The van der Waals surface area contributed by atoms with Gasteiger partial charge in [0.1, 0.15) is 17.0 Å². The highest BCUT2D eigenvalue weighted by Gasteiger charge is 2.32. The van der Waals surface area contributed by atoms with Gasteiger partial charge in [0.05, 0.1) is 29.3 Å². The van der Waals surface area contributed by atoms with Crippen LogP contribution in [0.3, 0.4) is 0 Å². The van der Waals surface area contributed by atoms with Crippen molar-refractivity contribution in [2.24, 2.45) is 0 Å². The SMILES string of the molecule is CCCCNC(=O)c1nc(-c2ccco2)cc2c1nc(C)n2C1CCS(=O)(=O)C1. The summed E-state index contributed by atoms with van der Waals surface area (Å²) in [5, 5.41) is 2.90. The van der Waals surface area contributed by atoms with Crippen LogP contribution in [0.4, 0.5) is 0 Å². The van der Waals surface area contributed by atoms with Crippen molar-refractivity contribution < 1.29 is 17.6 Å². The van der Waals surface area contributed by atoms with Crippen molar-refractivity contribution in [3.05, 3.63) is 36.0 Å². The highest BCUT2D eigenvalue weighted by Crippen LogP contribution is 2.32. The van der Waals surface area contributed by atoms with Gasteiger partial charge in [-0.2, -0.15) is 0 Å². The van der Waals surface area contributed by atoms with Gasteiger partial charge < -0.3 is 14.3 Å². The van der Waals surface area contributed by atoms with Gasteiger partial charge in [-0.15, -0.1) is 0 Å². The number of aromatic nitrogens is 3. The topological polar surface area (TPSA) is 107 Å². The molecule has 3 aromatic heterocycles. The molecule has 0 saturated carbocycles. The van der Waals surface area contributed by atoms with Crippen molar-refractivity contribution in [1.29, 1.82) is 0 Å². The van der Waals surface area contributed by atoms with E-state index in [1.54, 1.807) is 18.4 Å². The van der Waals surface area contributed by atoms with Gasteiger partial charge in [-0.05, 0) is 38.0 Å². The molecule has 4 heterocycles. The van der Waals surface area contributed by atoms with Crippen LogP contribution in [0.2, 0.25) is 0 Å². The van der Waals surface area contributed by atoms with E-state index in [4.69, 9.17) is 4.42 Å². The maximum absolute atomic E-state index is 12.9. The summed E-state index contributed by atoms with van der Waals surface area (Å²) in [6.45, 7) is 4.45. The predicted octanol–water partition coefficient (Wildman–Crippen LogP) is 2.89. The Balaban J connectivity index is 1.86. The molecule has 9 heteroatoms. The van der Waals surface area contributed by atoms with Crippen molar-refractivity contribution in [3.63, 3.8) is 0 Å². The average Bonchev–Trinajstić information content (AvgIpc) is 3.39. The number of amides is 1. The van der Waals surface area contributed by atoms with Gasteiger partial charge in [0.2, 0.25) is 0 Å². The minimum Gasteiger partial charge on any atom is -0.463 e. The van der Waals surface area contributed by atoms with Crippen molar-refractivity contribution >= 4 is 26.8 Å². The van der Waals surface area contributed by atoms with Gasteiger partial charge in [-0.1, -0.05) is 13.3 Å². The third-order valence-corrected chi connectivity index (χ3v) is 6.98. The number of carbonyl (C=O) groups excluding carboxylic acids is 1. The van der Waals surface area contributed by atoms with Gasteiger partial charge in [0, 0.05) is 6.54 Å². The molecule has 0 radical (unpaired) electrons. The minimum absolute atomic E-state index is 0.0791. The van der Waals surface area contributed by atoms with Crippen LogP contribution in [0.5, 0.6) is 0 Å². The number of aryl methyl sites for hydroxylation is 1. The van der Waals surface area contributed by atoms with Crippen LogP contribution >= 0.6 is 0 Å². The molecule has 8 nitrogen and oxygen atoms in total. The quantitative estimate of drug-likeness (QED) is 0.619. The normalized spacial score (nSPS) is 18.3. The summed E-state index contributed by atoms with van der Waals surface area (Å²) in [4.78, 5) is 22.0. The predicted molar refractivity (Wildman–Crippen MR) is 110 cm³/mol. The highest BCUT2D eigenvalue weighted by atomic mass is 32.2. The number of nitrogens with zero attached hydrogens (tertiary/aromatic N) is 3. The molecule has 3 aromatic rings. The fourth-order valence-electron chi connectivity index (χ4n) is 3.82. The van der Waals surface area contributed by atoms with Crippen LogP contribution in [0, 0.1) is 6.92 Å². The Labute approximate surface area is 169 Å². The second kappa shape index (κ2) is 7.62. The lowest BCUT2D eigenvalue weighted by atomic mass is 10.2. The number of hydrogen-bond acceptors (Lipinski definition) is 6. The number of pyridine rings is 1. The number of furan rings is 1. The molecular weight excluding hydrogens is 392 g/mol. The highest BCUT2D eigenvalue weighted by molar-refractivity contribution is 7.91. The largest absolute Gasteiger partial charge is 0.463 e. The van der Waals surface area contributed by atoms with Gasteiger partial charge in [-0.3, -0.25) is 4.79 Å². The number of carbonyl (C=O) groups is 1. The van der Waals surface area contributed by atoms with Crippen molar-refractivity contribution in [1.82, 2.24) is 19.9 Å². The first-order chi connectivity index (χ1) is 13.9. The Morgan fingerprint density at radius 3 is 2.86 bits per heavy atom. The number of sulfone groups is 1. The van der Waals surface area contributed by atoms with E-state index in [0.29, 0.717) is 41.3 Å². The number of fused-ring (bicyclic) bond motifs is 1. The molecule has 1 amide bonds. The molecule has 1 aliphatic heterocycles. The molecule has 1 saturated heterocycles. The fraction of sp³-hybridized carbons (Fsp3) is 0.450. The zero-order chi connectivity index (χ0) is 20.6. The Kier molecular flexibility index (Phi) is 5.16. The van der Waals surface area contributed by atoms with E-state index < -0.39 is 9.84 Å². The molecule has 1 N–H and O–H groups in total. The van der Waals surface area contributed by atoms with Gasteiger partial charge in [0.15, 0.2) is 21.3 Å². The summed E-state index contributed by atoms with van der Waals surface area (Å²) in [5.41, 5.74) is 1.93. The maximum atomic E-state index is 12.9. The van der Waals surface area contributed by atoms with Crippen LogP contribution in [0.25, 0.3) is 22.5 Å². The number of imidazole rings is 1. The zero-order valence-corrected chi connectivity index (χ0v) is 17.3. The van der Waals surface area contributed by atoms with E-state index in [0.717, 1.165) is 12.8 Å². The van der Waals surface area contributed by atoms with Crippen LogP contribution in [0.1, 0.15) is 48.5 Å². The Morgan fingerprint density at radius 2 is 2.21 bits per heavy atom. The lowest BCUT2D eigenvalue weighted by Crippen LogP contribution is -2.25. The summed E-state index contributed by atoms with van der Waals surface area (Å²) >= 11 is 0. The van der Waals surface area contributed by atoms with Crippen molar-refractivity contribution in [2.75, 3.05) is 18.1 Å². The molecular formula is C20H24N4O4S. The molecule has 4 rings (SSSR count). The third-order valence-electron chi connectivity index (χ3n) is 5.23. The van der Waals surface area contributed by atoms with Crippen LogP contribution in [0.15, 0.2) is 28.9 Å². The van der Waals surface area contributed by atoms with Crippen LogP contribution < -0.4 is 5.32 Å². The fourth-order valence-corrected chi connectivity index (χ4v) is 5.52. The summed E-state index contributed by atoms with van der Waals surface area (Å²) < 4.78 is 31.5. The molecule has 1 atom stereocenters. The first-order valence-electron chi connectivity index (χ1n) is 9.81. The van der Waals surface area contributed by atoms with E-state index in [1.807, 2.05) is 17.6 Å². The van der Waals surface area contributed by atoms with E-state index >= 15 is 0 Å². The van der Waals surface area contributed by atoms with Crippen LogP contribution in [-0.2, 0) is 9.84 Å². The number of hydrogen-bond donors (Lipinski definition) is 1. The average molecular weight is 417 g/mol. The molecule has 0 aromatic carbocycles. The number of rotatable bonds is 6. The number of unbranched alkanes of at least 4 members (excludes halogenated alkanes) is 1. The Bertz CT molecular complexity index is 1150. The van der Waals surface area contributed by atoms with Crippen LogP contribution in [-0.4, -0.2) is 46.9 Å². The van der Waals surface area contributed by atoms with Crippen molar-refractivity contribution in [2.45, 2.75) is 39.2 Å². The summed E-state index contributed by atoms with van der Waals surface area (Å²) in [7, 11) is -3.06. The van der Waals surface area contributed by atoms with E-state index in [2.05, 4.69) is 22.2 Å². The first kappa shape index (κ1) is 19.6. The Morgan fingerprint density at radius 1 is 1.38 bits per heavy atom. The summed E-state index contributed by atoms with van der Waals surface area (Å²) in [6, 6.07) is 5.16. The monoisotopic (exact) mass is 416 g/mol. The molecule has 154 valence electrons. The van der Waals surface area contributed by atoms with E-state index in [-0.39, 0.29) is 29.1 Å². The molecule has 0 aliphatic carbocycles. The molecule has 0 bridgehead atoms. The van der Waals surface area contributed by atoms with Gasteiger partial charge in [-0.25, -0.2) is 18.4 Å². The summed E-state index contributed by atoms with van der Waals surface area (Å²) in [6.07, 6.45) is 3.93.